The van der Waals surface area contributed by atoms with E-state index in [0.29, 0.717) is 5.69 Å². The molecule has 2 rings (SSSR count). The van der Waals surface area contributed by atoms with Crippen molar-refractivity contribution in [3.05, 3.63) is 23.8 Å². The van der Waals surface area contributed by atoms with Gasteiger partial charge in [0.05, 0.1) is 5.56 Å². The topological polar surface area (TPSA) is 78.6 Å². The van der Waals surface area contributed by atoms with Crippen LogP contribution in [-0.4, -0.2) is 42.7 Å². The van der Waals surface area contributed by atoms with Gasteiger partial charge in [-0.3, -0.25) is 0 Å². The van der Waals surface area contributed by atoms with Crippen LogP contribution in [0.4, 0.5) is 11.4 Å². The zero-order chi connectivity index (χ0) is 14.8. The molecular formula is C15H23N3O2. The van der Waals surface area contributed by atoms with Crippen LogP contribution in [0.3, 0.4) is 0 Å². The molecule has 0 spiro atoms. The SMILES string of the molecule is CN1CCC(C)(CNc2ccc(N)c(C(=O)O)c2)CC1. The molecule has 1 aliphatic heterocycles. The van der Waals surface area contributed by atoms with Gasteiger partial charge in [0, 0.05) is 17.9 Å². The molecule has 0 saturated carbocycles. The summed E-state index contributed by atoms with van der Waals surface area (Å²) in [5, 5.41) is 12.4. The molecule has 0 bridgehead atoms. The second-order valence-corrected chi connectivity index (χ2v) is 6.07. The average molecular weight is 277 g/mol. The number of hydrogen-bond donors (Lipinski definition) is 3. The first-order valence-electron chi connectivity index (χ1n) is 6.95. The minimum atomic E-state index is -0.989. The molecular weight excluding hydrogens is 254 g/mol. The number of hydrogen-bond acceptors (Lipinski definition) is 4. The molecule has 0 atom stereocenters. The van der Waals surface area contributed by atoms with E-state index in [9.17, 15) is 4.79 Å². The van der Waals surface area contributed by atoms with Crippen LogP contribution in [0.5, 0.6) is 0 Å². The number of carboxylic acid groups (broad SMARTS) is 1. The normalized spacial score (nSPS) is 18.7. The summed E-state index contributed by atoms with van der Waals surface area (Å²) in [5.74, 6) is -0.989. The van der Waals surface area contributed by atoms with Crippen molar-refractivity contribution in [1.29, 1.82) is 0 Å². The maximum atomic E-state index is 11.1. The molecule has 0 amide bonds. The molecule has 4 N–H and O–H groups in total. The van der Waals surface area contributed by atoms with Crippen LogP contribution in [0.15, 0.2) is 18.2 Å². The summed E-state index contributed by atoms with van der Waals surface area (Å²) in [4.78, 5) is 13.4. The number of likely N-dealkylation sites (tertiary alicyclic amines) is 1. The summed E-state index contributed by atoms with van der Waals surface area (Å²) < 4.78 is 0. The monoisotopic (exact) mass is 277 g/mol. The largest absolute Gasteiger partial charge is 0.478 e. The number of nitrogens with two attached hydrogens (primary N) is 1. The lowest BCUT2D eigenvalue weighted by Crippen LogP contribution is -2.40. The summed E-state index contributed by atoms with van der Waals surface area (Å²) in [6.07, 6.45) is 2.30. The minimum absolute atomic E-state index is 0.156. The van der Waals surface area contributed by atoms with Gasteiger partial charge in [-0.05, 0) is 56.6 Å². The van der Waals surface area contributed by atoms with Gasteiger partial charge in [0.2, 0.25) is 0 Å². The fourth-order valence-electron chi connectivity index (χ4n) is 2.50. The Morgan fingerprint density at radius 3 is 2.70 bits per heavy atom. The van der Waals surface area contributed by atoms with Crippen LogP contribution in [0.1, 0.15) is 30.1 Å². The molecule has 20 heavy (non-hydrogen) atoms. The van der Waals surface area contributed by atoms with Crippen molar-refractivity contribution in [2.24, 2.45) is 5.41 Å². The highest BCUT2D eigenvalue weighted by Gasteiger charge is 2.28. The maximum Gasteiger partial charge on any atom is 0.337 e. The molecule has 1 aliphatic rings. The lowest BCUT2D eigenvalue weighted by atomic mass is 9.80. The van der Waals surface area contributed by atoms with Gasteiger partial charge in [-0.2, -0.15) is 0 Å². The van der Waals surface area contributed by atoms with Gasteiger partial charge >= 0.3 is 5.97 Å². The first kappa shape index (κ1) is 14.7. The van der Waals surface area contributed by atoms with E-state index >= 15 is 0 Å². The van der Waals surface area contributed by atoms with E-state index in [0.717, 1.165) is 38.2 Å². The predicted octanol–water partition coefficient (Wildman–Crippen LogP) is 2.11. The summed E-state index contributed by atoms with van der Waals surface area (Å²) in [7, 11) is 2.14. The number of piperidine rings is 1. The molecule has 1 fully saturated rings. The van der Waals surface area contributed by atoms with Gasteiger partial charge in [0.1, 0.15) is 0 Å². The fraction of sp³-hybridized carbons (Fsp3) is 0.533. The van der Waals surface area contributed by atoms with Gasteiger partial charge < -0.3 is 21.1 Å². The van der Waals surface area contributed by atoms with Crippen molar-refractivity contribution >= 4 is 17.3 Å². The number of carbonyl (C=O) groups is 1. The predicted molar refractivity (Wildman–Crippen MR) is 81.1 cm³/mol. The highest BCUT2D eigenvalue weighted by atomic mass is 16.4. The van der Waals surface area contributed by atoms with Gasteiger partial charge in [-0.15, -0.1) is 0 Å². The molecule has 0 aromatic heterocycles. The number of benzene rings is 1. The van der Waals surface area contributed by atoms with Crippen LogP contribution in [0.2, 0.25) is 0 Å². The van der Waals surface area contributed by atoms with Crippen molar-refractivity contribution in [3.8, 4) is 0 Å². The number of nitrogens with one attached hydrogen (secondary N) is 1. The molecule has 0 aliphatic carbocycles. The Morgan fingerprint density at radius 1 is 1.45 bits per heavy atom. The average Bonchev–Trinajstić information content (AvgIpc) is 2.41. The lowest BCUT2D eigenvalue weighted by Gasteiger charge is -2.38. The lowest BCUT2D eigenvalue weighted by molar-refractivity contribution is 0.0698. The van der Waals surface area contributed by atoms with Gasteiger partial charge in [-0.25, -0.2) is 4.79 Å². The third-order valence-corrected chi connectivity index (χ3v) is 4.20. The van der Waals surface area contributed by atoms with Crippen LogP contribution in [0, 0.1) is 5.41 Å². The molecule has 1 heterocycles. The van der Waals surface area contributed by atoms with Gasteiger partial charge in [0.15, 0.2) is 0 Å². The Balaban J connectivity index is 2.00. The van der Waals surface area contributed by atoms with Gasteiger partial charge in [-0.1, -0.05) is 6.92 Å². The quantitative estimate of drug-likeness (QED) is 0.735. The minimum Gasteiger partial charge on any atom is -0.478 e. The van der Waals surface area contributed by atoms with Crippen molar-refractivity contribution in [2.75, 3.05) is 37.7 Å². The highest BCUT2D eigenvalue weighted by molar-refractivity contribution is 5.94. The van der Waals surface area contributed by atoms with Crippen LogP contribution in [-0.2, 0) is 0 Å². The summed E-state index contributed by atoms with van der Waals surface area (Å²) in [6, 6.07) is 5.08. The number of carboxylic acids is 1. The number of aromatic carboxylic acids is 1. The number of rotatable bonds is 4. The number of nitrogen functional groups attached to an aromatic ring is 1. The highest BCUT2D eigenvalue weighted by Crippen LogP contribution is 2.31. The Bertz CT molecular complexity index is 494. The second-order valence-electron chi connectivity index (χ2n) is 6.07. The molecule has 5 nitrogen and oxygen atoms in total. The van der Waals surface area contributed by atoms with E-state index in [1.165, 1.54) is 0 Å². The maximum absolute atomic E-state index is 11.1. The smallest absolute Gasteiger partial charge is 0.337 e. The Morgan fingerprint density at radius 2 is 2.10 bits per heavy atom. The Kier molecular flexibility index (Phi) is 4.18. The van der Waals surface area contributed by atoms with Gasteiger partial charge in [0.25, 0.3) is 0 Å². The number of anilines is 2. The third-order valence-electron chi connectivity index (χ3n) is 4.20. The molecule has 1 aromatic rings. The van der Waals surface area contributed by atoms with Crippen molar-refractivity contribution in [3.63, 3.8) is 0 Å². The van der Waals surface area contributed by atoms with Crippen LogP contribution < -0.4 is 11.1 Å². The molecule has 0 unspecified atom stereocenters. The van der Waals surface area contributed by atoms with E-state index in [1.807, 2.05) is 6.07 Å². The summed E-state index contributed by atoms with van der Waals surface area (Å²) >= 11 is 0. The Hall–Kier alpha value is -1.75. The zero-order valence-corrected chi connectivity index (χ0v) is 12.1. The van der Waals surface area contributed by atoms with E-state index < -0.39 is 5.97 Å². The first-order valence-corrected chi connectivity index (χ1v) is 6.95. The summed E-state index contributed by atoms with van der Waals surface area (Å²) in [5.41, 5.74) is 7.19. The number of nitrogens with zero attached hydrogens (tertiary/aromatic N) is 1. The zero-order valence-electron chi connectivity index (χ0n) is 12.1. The standard InChI is InChI=1S/C15H23N3O2/c1-15(5-7-18(2)8-6-15)10-17-11-3-4-13(16)12(9-11)14(19)20/h3-4,9,17H,5-8,10,16H2,1-2H3,(H,19,20). The van der Waals surface area contributed by atoms with E-state index in [1.54, 1.807) is 12.1 Å². The first-order chi connectivity index (χ1) is 9.39. The van der Waals surface area contributed by atoms with Crippen molar-refractivity contribution in [1.82, 2.24) is 4.90 Å². The van der Waals surface area contributed by atoms with Crippen LogP contribution >= 0.6 is 0 Å². The molecule has 0 radical (unpaired) electrons. The molecule has 1 aromatic carbocycles. The second kappa shape index (κ2) is 5.71. The van der Waals surface area contributed by atoms with E-state index in [-0.39, 0.29) is 11.0 Å². The third kappa shape index (κ3) is 3.42. The molecule has 110 valence electrons. The molecule has 1 saturated heterocycles. The van der Waals surface area contributed by atoms with E-state index in [2.05, 4.69) is 24.2 Å². The van der Waals surface area contributed by atoms with Crippen molar-refractivity contribution in [2.45, 2.75) is 19.8 Å². The Labute approximate surface area is 119 Å². The molecule has 5 heteroatoms. The summed E-state index contributed by atoms with van der Waals surface area (Å²) in [6.45, 7) is 5.35. The fourth-order valence-corrected chi connectivity index (χ4v) is 2.50. The van der Waals surface area contributed by atoms with Crippen molar-refractivity contribution < 1.29 is 9.90 Å². The van der Waals surface area contributed by atoms with E-state index in [4.69, 9.17) is 10.8 Å². The van der Waals surface area contributed by atoms with Crippen LogP contribution in [0.25, 0.3) is 0 Å².